The predicted octanol–water partition coefficient (Wildman–Crippen LogP) is 1.56. The van der Waals surface area contributed by atoms with Crippen LogP contribution in [0.3, 0.4) is 0 Å². The van der Waals surface area contributed by atoms with Crippen LogP contribution in [0.4, 0.5) is 4.79 Å². The molecule has 0 unspecified atom stereocenters. The zero-order valence-electron chi connectivity index (χ0n) is 12.1. The molecular weight excluding hydrogens is 308 g/mol. The van der Waals surface area contributed by atoms with Crippen LogP contribution in [0.25, 0.3) is 0 Å². The van der Waals surface area contributed by atoms with Gasteiger partial charge in [-0.15, -0.1) is 11.8 Å². The van der Waals surface area contributed by atoms with Crippen LogP contribution >= 0.6 is 11.8 Å². The molecule has 0 aromatic heterocycles. The summed E-state index contributed by atoms with van der Waals surface area (Å²) in [6.07, 6.45) is -1.71. The molecule has 0 amide bonds. The quantitative estimate of drug-likeness (QED) is 0.823. The van der Waals surface area contributed by atoms with Gasteiger partial charge in [0, 0.05) is 0 Å². The number of thioether (sulfide) groups is 1. The fraction of sp³-hybridized carbons (Fsp3) is 0.533. The third-order valence-corrected chi connectivity index (χ3v) is 4.55. The Morgan fingerprint density at radius 3 is 2.68 bits per heavy atom. The molecule has 1 aromatic carbocycles. The summed E-state index contributed by atoms with van der Waals surface area (Å²) in [6.45, 7) is 0.648. The van der Waals surface area contributed by atoms with E-state index in [0.717, 1.165) is 5.56 Å². The summed E-state index contributed by atoms with van der Waals surface area (Å²) in [5, 5.41) is 10.3. The van der Waals surface area contributed by atoms with Gasteiger partial charge in [-0.25, -0.2) is 4.79 Å². The predicted molar refractivity (Wildman–Crippen MR) is 79.4 cm³/mol. The zero-order valence-corrected chi connectivity index (χ0v) is 12.9. The first-order valence-corrected chi connectivity index (χ1v) is 8.33. The van der Waals surface area contributed by atoms with Crippen LogP contribution in [0.5, 0.6) is 0 Å². The highest BCUT2D eigenvalue weighted by Gasteiger charge is 2.53. The monoisotopic (exact) mass is 326 g/mol. The highest BCUT2D eigenvalue weighted by molar-refractivity contribution is 7.99. The number of hydrogen-bond acceptors (Lipinski definition) is 7. The maximum absolute atomic E-state index is 11.3. The number of fused-ring (bicyclic) bond motifs is 1. The molecule has 3 rings (SSSR count). The van der Waals surface area contributed by atoms with E-state index >= 15 is 0 Å². The van der Waals surface area contributed by atoms with Crippen LogP contribution in [0, 0.1) is 0 Å². The van der Waals surface area contributed by atoms with Crippen LogP contribution in [0.2, 0.25) is 0 Å². The molecule has 6 nitrogen and oxygen atoms in total. The minimum atomic E-state index is -0.962. The minimum absolute atomic E-state index is 0.216. The van der Waals surface area contributed by atoms with Gasteiger partial charge in [-0.1, -0.05) is 30.3 Å². The minimum Gasteiger partial charge on any atom is -0.424 e. The van der Waals surface area contributed by atoms with Crippen molar-refractivity contribution in [3.8, 4) is 0 Å². The molecule has 0 radical (unpaired) electrons. The molecule has 0 bridgehead atoms. The van der Waals surface area contributed by atoms with Gasteiger partial charge >= 0.3 is 6.16 Å². The molecular formula is C15H18O6S. The molecule has 2 heterocycles. The Morgan fingerprint density at radius 2 is 1.95 bits per heavy atom. The second-order valence-electron chi connectivity index (χ2n) is 5.18. The molecule has 5 atom stereocenters. The SMILES string of the molecule is CS[C@H]1O[C@H](COCc2ccccc2)[C@@H](O)[C@@H]2OC(=O)O[C@H]21. The first-order chi connectivity index (χ1) is 10.7. The fourth-order valence-corrected chi connectivity index (χ4v) is 3.33. The summed E-state index contributed by atoms with van der Waals surface area (Å²) in [4.78, 5) is 11.3. The van der Waals surface area contributed by atoms with E-state index in [4.69, 9.17) is 18.9 Å². The Bertz CT molecular complexity index is 510. The van der Waals surface area contributed by atoms with Crippen molar-refractivity contribution in [3.63, 3.8) is 0 Å². The van der Waals surface area contributed by atoms with Gasteiger partial charge in [0.15, 0.2) is 12.2 Å². The lowest BCUT2D eigenvalue weighted by Gasteiger charge is -2.38. The lowest BCUT2D eigenvalue weighted by atomic mass is 10.0. The molecule has 1 aromatic rings. The number of hydrogen-bond donors (Lipinski definition) is 1. The summed E-state index contributed by atoms with van der Waals surface area (Å²) in [5.41, 5.74) is 0.674. The molecule has 2 fully saturated rings. The maximum atomic E-state index is 11.3. The molecule has 0 spiro atoms. The summed E-state index contributed by atoms with van der Waals surface area (Å²) in [7, 11) is 0. The van der Waals surface area contributed by atoms with Crippen molar-refractivity contribution in [2.45, 2.75) is 36.5 Å². The molecule has 0 aliphatic carbocycles. The summed E-state index contributed by atoms with van der Waals surface area (Å²) in [5.74, 6) is 0. The zero-order chi connectivity index (χ0) is 15.5. The van der Waals surface area contributed by atoms with Gasteiger partial charge in [-0.3, -0.25) is 0 Å². The summed E-state index contributed by atoms with van der Waals surface area (Å²) in [6, 6.07) is 9.74. The van der Waals surface area contributed by atoms with E-state index in [1.54, 1.807) is 0 Å². The Balaban J connectivity index is 1.58. The van der Waals surface area contributed by atoms with Crippen molar-refractivity contribution in [1.82, 2.24) is 0 Å². The first-order valence-electron chi connectivity index (χ1n) is 7.04. The molecule has 2 aliphatic rings. The van der Waals surface area contributed by atoms with E-state index in [0.29, 0.717) is 6.61 Å². The number of benzene rings is 1. The van der Waals surface area contributed by atoms with E-state index in [9.17, 15) is 9.90 Å². The highest BCUT2D eigenvalue weighted by atomic mass is 32.2. The van der Waals surface area contributed by atoms with Crippen molar-refractivity contribution < 1.29 is 28.8 Å². The van der Waals surface area contributed by atoms with Gasteiger partial charge in [0.05, 0.1) is 13.2 Å². The third kappa shape index (κ3) is 3.22. The molecule has 2 aliphatic heterocycles. The number of aliphatic hydroxyl groups excluding tert-OH is 1. The van der Waals surface area contributed by atoms with Crippen LogP contribution in [-0.2, 0) is 25.6 Å². The van der Waals surface area contributed by atoms with Crippen LogP contribution < -0.4 is 0 Å². The van der Waals surface area contributed by atoms with Crippen molar-refractivity contribution in [1.29, 1.82) is 0 Å². The molecule has 7 heteroatoms. The normalized spacial score (nSPS) is 33.9. The summed E-state index contributed by atoms with van der Waals surface area (Å²) >= 11 is 1.41. The Hall–Kier alpha value is -1.28. The average molecular weight is 326 g/mol. The lowest BCUT2D eigenvalue weighted by Crippen LogP contribution is -2.56. The number of carbonyl (C=O) groups is 1. The fourth-order valence-electron chi connectivity index (χ4n) is 2.60. The van der Waals surface area contributed by atoms with Crippen molar-refractivity contribution in [3.05, 3.63) is 35.9 Å². The lowest BCUT2D eigenvalue weighted by molar-refractivity contribution is -0.178. The molecule has 0 saturated carbocycles. The Morgan fingerprint density at radius 1 is 1.23 bits per heavy atom. The third-order valence-electron chi connectivity index (χ3n) is 3.71. The second kappa shape index (κ2) is 6.87. The molecule has 2 saturated heterocycles. The summed E-state index contributed by atoms with van der Waals surface area (Å²) < 4.78 is 21.5. The second-order valence-corrected chi connectivity index (χ2v) is 6.12. The molecule has 120 valence electrons. The molecule has 1 N–H and O–H groups in total. The van der Waals surface area contributed by atoms with Crippen molar-refractivity contribution >= 4 is 17.9 Å². The van der Waals surface area contributed by atoms with Gasteiger partial charge in [-0.2, -0.15) is 0 Å². The van der Waals surface area contributed by atoms with Crippen LogP contribution in [0.15, 0.2) is 30.3 Å². The number of ether oxygens (including phenoxy) is 4. The van der Waals surface area contributed by atoms with E-state index < -0.39 is 30.6 Å². The first kappa shape index (κ1) is 15.6. The molecule has 22 heavy (non-hydrogen) atoms. The smallest absolute Gasteiger partial charge is 0.424 e. The van der Waals surface area contributed by atoms with Crippen molar-refractivity contribution in [2.24, 2.45) is 0 Å². The van der Waals surface area contributed by atoms with Gasteiger partial charge < -0.3 is 24.1 Å². The van der Waals surface area contributed by atoms with Crippen LogP contribution in [0.1, 0.15) is 5.56 Å². The van der Waals surface area contributed by atoms with Crippen molar-refractivity contribution in [2.75, 3.05) is 12.9 Å². The number of rotatable bonds is 5. The number of aliphatic hydroxyl groups is 1. The topological polar surface area (TPSA) is 74.2 Å². The van der Waals surface area contributed by atoms with E-state index in [2.05, 4.69) is 0 Å². The Kier molecular flexibility index (Phi) is 4.87. The van der Waals surface area contributed by atoms with Gasteiger partial charge in [0.2, 0.25) is 0 Å². The van der Waals surface area contributed by atoms with Gasteiger partial charge in [0.25, 0.3) is 0 Å². The number of carbonyl (C=O) groups excluding carboxylic acids is 1. The maximum Gasteiger partial charge on any atom is 0.509 e. The van der Waals surface area contributed by atoms with Crippen LogP contribution in [-0.4, -0.2) is 54.0 Å². The Labute approximate surface area is 132 Å². The van der Waals surface area contributed by atoms with E-state index in [-0.39, 0.29) is 12.0 Å². The van der Waals surface area contributed by atoms with Gasteiger partial charge in [-0.05, 0) is 11.8 Å². The van der Waals surface area contributed by atoms with E-state index in [1.165, 1.54) is 11.8 Å². The highest BCUT2D eigenvalue weighted by Crippen LogP contribution is 2.34. The van der Waals surface area contributed by atoms with Gasteiger partial charge in [0.1, 0.15) is 17.6 Å². The largest absolute Gasteiger partial charge is 0.509 e. The van der Waals surface area contributed by atoms with E-state index in [1.807, 2.05) is 36.6 Å². The standard InChI is InChI=1S/C15H18O6S/c1-22-14-13-12(20-15(17)21-13)11(16)10(19-14)8-18-7-9-5-3-2-4-6-9/h2-6,10-14,16H,7-8H2,1H3/t10-,11-,12+,13-,14-/m1/s1. The average Bonchev–Trinajstić information content (AvgIpc) is 2.93.